The molecule has 4 N–H and O–H groups in total. The molecule has 0 saturated heterocycles. The molecule has 28 heavy (non-hydrogen) atoms. The quantitative estimate of drug-likeness (QED) is 0.567. The Morgan fingerprint density at radius 2 is 2.04 bits per heavy atom. The van der Waals surface area contributed by atoms with Crippen molar-refractivity contribution in [3.63, 3.8) is 0 Å². The van der Waals surface area contributed by atoms with E-state index >= 15 is 0 Å². The monoisotopic (exact) mass is 388 g/mol. The first-order chi connectivity index (χ1) is 13.3. The summed E-state index contributed by atoms with van der Waals surface area (Å²) in [5.74, 6) is -0.156. The van der Waals surface area contributed by atoms with Crippen LogP contribution in [0, 0.1) is 5.92 Å². The first kappa shape index (κ1) is 19.8. The number of ether oxygens (including phenoxy) is 1. The molecule has 0 saturated carbocycles. The third-order valence-electron chi connectivity index (χ3n) is 4.28. The molecule has 0 aliphatic carbocycles. The van der Waals surface area contributed by atoms with E-state index in [4.69, 9.17) is 10.5 Å². The van der Waals surface area contributed by atoms with Gasteiger partial charge in [0.2, 0.25) is 5.91 Å². The fourth-order valence-corrected chi connectivity index (χ4v) is 3.06. The minimum atomic E-state index is -3.00. The van der Waals surface area contributed by atoms with Crippen LogP contribution in [0.4, 0.5) is 14.5 Å². The van der Waals surface area contributed by atoms with Crippen molar-refractivity contribution in [1.29, 1.82) is 0 Å². The van der Waals surface area contributed by atoms with Gasteiger partial charge in [0, 0.05) is 35.1 Å². The van der Waals surface area contributed by atoms with Crippen LogP contribution in [-0.2, 0) is 4.79 Å². The average Bonchev–Trinajstić information content (AvgIpc) is 3.10. The van der Waals surface area contributed by atoms with Crippen molar-refractivity contribution in [1.82, 2.24) is 9.97 Å². The van der Waals surface area contributed by atoms with Crippen LogP contribution in [-0.4, -0.2) is 28.5 Å². The van der Waals surface area contributed by atoms with Crippen molar-refractivity contribution in [2.75, 3.05) is 5.32 Å². The number of rotatable bonds is 7. The molecule has 1 aromatic carbocycles. The van der Waals surface area contributed by atoms with E-state index in [-0.39, 0.29) is 17.6 Å². The number of alkyl halides is 2. The minimum Gasteiger partial charge on any atom is -0.434 e. The molecule has 2 heterocycles. The predicted molar refractivity (Wildman–Crippen MR) is 104 cm³/mol. The second-order valence-corrected chi connectivity index (χ2v) is 6.91. The van der Waals surface area contributed by atoms with Gasteiger partial charge >= 0.3 is 6.61 Å². The number of aromatic amines is 1. The van der Waals surface area contributed by atoms with Crippen molar-refractivity contribution in [2.45, 2.75) is 32.9 Å². The Morgan fingerprint density at radius 3 is 2.75 bits per heavy atom. The van der Waals surface area contributed by atoms with E-state index in [2.05, 4.69) is 15.3 Å². The first-order valence-corrected chi connectivity index (χ1v) is 8.93. The van der Waals surface area contributed by atoms with Gasteiger partial charge in [0.05, 0.1) is 6.04 Å². The number of carbonyl (C=O) groups is 1. The molecule has 3 rings (SSSR count). The van der Waals surface area contributed by atoms with Crippen molar-refractivity contribution in [3.05, 3.63) is 42.7 Å². The molecule has 1 amide bonds. The van der Waals surface area contributed by atoms with Gasteiger partial charge in [0.1, 0.15) is 11.4 Å². The molecule has 0 aliphatic heterocycles. The number of anilines is 1. The lowest BCUT2D eigenvalue weighted by Gasteiger charge is -2.16. The van der Waals surface area contributed by atoms with Gasteiger partial charge in [-0.15, -0.1) is 0 Å². The van der Waals surface area contributed by atoms with Gasteiger partial charge in [0.25, 0.3) is 0 Å². The third-order valence-corrected chi connectivity index (χ3v) is 4.28. The molecule has 0 unspecified atom stereocenters. The van der Waals surface area contributed by atoms with E-state index in [9.17, 15) is 13.6 Å². The predicted octanol–water partition coefficient (Wildman–Crippen LogP) is 4.14. The lowest BCUT2D eigenvalue weighted by molar-refractivity contribution is -0.117. The zero-order valence-corrected chi connectivity index (χ0v) is 15.6. The number of H-pyrrole nitrogens is 1. The second kappa shape index (κ2) is 8.35. The zero-order valence-electron chi connectivity index (χ0n) is 15.6. The Kier molecular flexibility index (Phi) is 5.89. The van der Waals surface area contributed by atoms with Crippen LogP contribution in [0.25, 0.3) is 22.2 Å². The lowest BCUT2D eigenvalue weighted by Crippen LogP contribution is -2.36. The summed E-state index contributed by atoms with van der Waals surface area (Å²) < 4.78 is 30.7. The van der Waals surface area contributed by atoms with Gasteiger partial charge < -0.3 is 20.8 Å². The van der Waals surface area contributed by atoms with E-state index in [0.717, 1.165) is 5.39 Å². The van der Waals surface area contributed by atoms with Crippen molar-refractivity contribution >= 4 is 22.6 Å². The number of benzene rings is 1. The topological polar surface area (TPSA) is 93.0 Å². The number of carbonyl (C=O) groups excluding carboxylic acids is 1. The maximum atomic E-state index is 13.0. The summed E-state index contributed by atoms with van der Waals surface area (Å²) in [6.45, 7) is 0.927. The largest absolute Gasteiger partial charge is 0.434 e. The molecule has 0 spiro atoms. The summed E-state index contributed by atoms with van der Waals surface area (Å²) in [5, 5.41) is 3.44. The Labute approximate surface area is 161 Å². The molecule has 2 aromatic heterocycles. The minimum absolute atomic E-state index is 0.0427. The van der Waals surface area contributed by atoms with Crippen LogP contribution in [0.2, 0.25) is 0 Å². The summed E-state index contributed by atoms with van der Waals surface area (Å²) in [6.07, 6.45) is 3.83. The molecular weight excluding hydrogens is 366 g/mol. The van der Waals surface area contributed by atoms with Gasteiger partial charge in [-0.25, -0.2) is 4.98 Å². The summed E-state index contributed by atoms with van der Waals surface area (Å²) in [5.41, 5.74) is 8.02. The first-order valence-electron chi connectivity index (χ1n) is 8.93. The molecule has 1 atom stereocenters. The maximum absolute atomic E-state index is 13.0. The fraction of sp³-hybridized carbons (Fsp3) is 0.300. The van der Waals surface area contributed by atoms with Crippen LogP contribution in [0.3, 0.4) is 0 Å². The molecule has 8 heteroatoms. The van der Waals surface area contributed by atoms with E-state index in [1.165, 1.54) is 6.07 Å². The van der Waals surface area contributed by atoms with E-state index in [1.54, 1.807) is 30.6 Å². The number of fused-ring (bicyclic) bond motifs is 1. The highest BCUT2D eigenvalue weighted by molar-refractivity contribution is 5.97. The highest BCUT2D eigenvalue weighted by atomic mass is 19.3. The summed E-state index contributed by atoms with van der Waals surface area (Å²) in [6, 6.07) is 7.49. The Morgan fingerprint density at radius 1 is 1.25 bits per heavy atom. The van der Waals surface area contributed by atoms with Gasteiger partial charge in [-0.05, 0) is 42.2 Å². The smallest absolute Gasteiger partial charge is 0.387 e. The van der Waals surface area contributed by atoms with Crippen LogP contribution < -0.4 is 15.8 Å². The number of aromatic nitrogens is 2. The van der Waals surface area contributed by atoms with Gasteiger partial charge in [-0.1, -0.05) is 13.8 Å². The third kappa shape index (κ3) is 4.45. The Hall–Kier alpha value is -3.00. The number of nitrogens with zero attached hydrogens (tertiary/aromatic N) is 1. The van der Waals surface area contributed by atoms with Crippen LogP contribution >= 0.6 is 0 Å². The zero-order chi connectivity index (χ0) is 20.3. The van der Waals surface area contributed by atoms with Crippen molar-refractivity contribution in [3.8, 4) is 16.9 Å². The number of nitrogens with one attached hydrogen (secondary N) is 2. The maximum Gasteiger partial charge on any atom is 0.387 e. The number of nitrogens with two attached hydrogens (primary N) is 1. The molecule has 0 fully saturated rings. The average molecular weight is 388 g/mol. The van der Waals surface area contributed by atoms with E-state index < -0.39 is 12.7 Å². The van der Waals surface area contributed by atoms with Gasteiger partial charge in [-0.3, -0.25) is 4.79 Å². The normalized spacial score (nSPS) is 12.5. The SMILES string of the molecule is CC(C)C[C@@H](N)C(=O)Nc1ccc(-c2ccnc3[nH]ccc23)c(OC(F)F)c1. The molecule has 0 bridgehead atoms. The molecule has 6 nitrogen and oxygen atoms in total. The fourth-order valence-electron chi connectivity index (χ4n) is 3.06. The summed E-state index contributed by atoms with van der Waals surface area (Å²) >= 11 is 0. The van der Waals surface area contributed by atoms with Crippen molar-refractivity contribution < 1.29 is 18.3 Å². The van der Waals surface area contributed by atoms with Gasteiger partial charge in [0.15, 0.2) is 0 Å². The van der Waals surface area contributed by atoms with Gasteiger partial charge in [-0.2, -0.15) is 8.78 Å². The number of hydrogen-bond acceptors (Lipinski definition) is 4. The van der Waals surface area contributed by atoms with Crippen molar-refractivity contribution in [2.24, 2.45) is 11.7 Å². The summed E-state index contributed by atoms with van der Waals surface area (Å²) in [7, 11) is 0. The van der Waals surface area contributed by atoms with Crippen LogP contribution in [0.1, 0.15) is 20.3 Å². The molecule has 148 valence electrons. The highest BCUT2D eigenvalue weighted by Crippen LogP contribution is 2.37. The molecule has 0 radical (unpaired) electrons. The molecule has 0 aliphatic rings. The number of amides is 1. The lowest BCUT2D eigenvalue weighted by atomic mass is 10.0. The Bertz CT molecular complexity index is 972. The second-order valence-electron chi connectivity index (χ2n) is 6.91. The standard InChI is InChI=1S/C20H22F2N4O2/c1-11(2)9-16(23)19(27)26-12-3-4-14(17(10-12)28-20(21)22)13-5-7-24-18-15(13)6-8-25-18/h3-8,10-11,16,20H,9,23H2,1-2H3,(H,24,25)(H,26,27)/t16-/m1/s1. The van der Waals surface area contributed by atoms with Crippen LogP contribution in [0.15, 0.2) is 42.7 Å². The Balaban J connectivity index is 1.94. The van der Waals surface area contributed by atoms with E-state index in [1.807, 2.05) is 19.9 Å². The molecule has 3 aromatic rings. The number of pyridine rings is 1. The summed E-state index contributed by atoms with van der Waals surface area (Å²) in [4.78, 5) is 19.4. The highest BCUT2D eigenvalue weighted by Gasteiger charge is 2.18. The number of halogens is 2. The van der Waals surface area contributed by atoms with Crippen LogP contribution in [0.5, 0.6) is 5.75 Å². The van der Waals surface area contributed by atoms with E-state index in [0.29, 0.717) is 28.9 Å². The number of hydrogen-bond donors (Lipinski definition) is 3. The molecular formula is C20H22F2N4O2.